The Bertz CT molecular complexity index is 492. The number of hydrogen-bond donors (Lipinski definition) is 0. The molecule has 0 unspecified atom stereocenters. The molecule has 0 amide bonds. The van der Waals surface area contributed by atoms with E-state index in [0.717, 1.165) is 5.56 Å². The van der Waals surface area contributed by atoms with Gasteiger partial charge in [0.1, 0.15) is 0 Å². The van der Waals surface area contributed by atoms with E-state index in [1.807, 2.05) is 32.9 Å². The largest absolute Gasteiger partial charge is 2.00 e. The van der Waals surface area contributed by atoms with Crippen LogP contribution in [0.2, 0.25) is 0 Å². The summed E-state index contributed by atoms with van der Waals surface area (Å²) in [5.41, 5.74) is 2.45. The van der Waals surface area contributed by atoms with Crippen LogP contribution >= 0.6 is 0 Å². The summed E-state index contributed by atoms with van der Waals surface area (Å²) >= 11 is 0. The number of benzene rings is 1. The fraction of sp³-hybridized carbons (Fsp3) is 0.467. The molecule has 4 nitrogen and oxygen atoms in total. The summed E-state index contributed by atoms with van der Waals surface area (Å²) in [4.78, 5) is 22.0. The second-order valence-electron chi connectivity index (χ2n) is 5.84. The molecule has 0 heterocycles. The predicted octanol–water partition coefficient (Wildman–Crippen LogP) is -0.196. The van der Waals surface area contributed by atoms with Crippen molar-refractivity contribution in [1.82, 2.24) is 0 Å². The van der Waals surface area contributed by atoms with E-state index in [2.05, 4.69) is 0 Å². The van der Waals surface area contributed by atoms with E-state index in [1.54, 1.807) is 13.8 Å². The third kappa shape index (κ3) is 4.21. The van der Waals surface area contributed by atoms with Gasteiger partial charge in [-0.05, 0) is 41.5 Å². The van der Waals surface area contributed by atoms with Crippen molar-refractivity contribution < 1.29 is 19.8 Å². The van der Waals surface area contributed by atoms with Gasteiger partial charge in [-0.2, -0.15) is 0 Å². The molecule has 0 aliphatic rings. The summed E-state index contributed by atoms with van der Waals surface area (Å²) in [6.45, 7) is 9.52. The molecule has 0 radical (unpaired) electrons. The number of carbonyl (C=O) groups excluding carboxylic acids is 2. The van der Waals surface area contributed by atoms with E-state index in [0.29, 0.717) is 11.1 Å². The molecule has 0 bridgehead atoms. The molecule has 0 aromatic heterocycles. The third-order valence-electron chi connectivity index (χ3n) is 3.22. The van der Waals surface area contributed by atoms with E-state index < -0.39 is 17.9 Å². The second kappa shape index (κ2) is 6.92. The molecule has 20 heavy (non-hydrogen) atoms. The molecule has 0 fully saturated rings. The molecular weight excluding hydrogens is 284 g/mol. The van der Waals surface area contributed by atoms with Crippen LogP contribution in [0.15, 0.2) is 12.1 Å². The Kier molecular flexibility index (Phi) is 6.72. The molecule has 1 rings (SSSR count). The molecule has 0 aliphatic heterocycles. The van der Waals surface area contributed by atoms with E-state index in [9.17, 15) is 19.8 Å². The van der Waals surface area contributed by atoms with E-state index in [-0.39, 0.29) is 48.7 Å². The second-order valence-corrected chi connectivity index (χ2v) is 5.84. The predicted molar refractivity (Wildman–Crippen MR) is 73.1 cm³/mol. The van der Waals surface area contributed by atoms with Crippen molar-refractivity contribution in [2.75, 3.05) is 0 Å². The number of carboxylic acid groups (broad SMARTS) is 2. The molecule has 0 N–H and O–H groups in total. The number of rotatable bonds is 3. The first-order valence-corrected chi connectivity index (χ1v) is 6.09. The maximum atomic E-state index is 11.0. The smallest absolute Gasteiger partial charge is 0.549 e. The average Bonchev–Trinajstić information content (AvgIpc) is 2.20. The van der Waals surface area contributed by atoms with Crippen LogP contribution in [0.1, 0.15) is 48.9 Å². The Labute approximate surface area is 149 Å². The van der Waals surface area contributed by atoms with Gasteiger partial charge in [0.05, 0.1) is 17.9 Å². The number of carboxylic acids is 2. The normalized spacial score (nSPS) is 11.1. The Morgan fingerprint density at radius 1 is 1.00 bits per heavy atom. The summed E-state index contributed by atoms with van der Waals surface area (Å²) in [6, 6.07) is 3.64. The zero-order valence-electron chi connectivity index (χ0n) is 12.6. The molecule has 1 aromatic carbocycles. The van der Waals surface area contributed by atoms with Crippen molar-refractivity contribution in [3.63, 3.8) is 0 Å². The maximum absolute atomic E-state index is 11.0. The molecular formula is C15H18CaO4. The minimum Gasteiger partial charge on any atom is -0.549 e. The van der Waals surface area contributed by atoms with Crippen molar-refractivity contribution in [3.8, 4) is 0 Å². The van der Waals surface area contributed by atoms with E-state index in [4.69, 9.17) is 0 Å². The summed E-state index contributed by atoms with van der Waals surface area (Å²) in [5, 5.41) is 22.0. The van der Waals surface area contributed by atoms with Gasteiger partial charge in [0, 0.05) is 0 Å². The third-order valence-corrected chi connectivity index (χ3v) is 3.22. The first kappa shape index (κ1) is 19.4. The summed E-state index contributed by atoms with van der Waals surface area (Å²) in [5.74, 6) is -5.02. The van der Waals surface area contributed by atoms with Gasteiger partial charge < -0.3 is 19.8 Å². The van der Waals surface area contributed by atoms with Gasteiger partial charge >= 0.3 is 37.7 Å². The quantitative estimate of drug-likeness (QED) is 0.572. The summed E-state index contributed by atoms with van der Waals surface area (Å²) in [6.07, 6.45) is 0. The van der Waals surface area contributed by atoms with Gasteiger partial charge in [-0.25, -0.2) is 0 Å². The van der Waals surface area contributed by atoms with Crippen LogP contribution in [-0.4, -0.2) is 49.7 Å². The number of aliphatic carboxylic acids is 2. The maximum Gasteiger partial charge on any atom is 2.00 e. The molecule has 104 valence electrons. The Morgan fingerprint density at radius 3 is 1.60 bits per heavy atom. The van der Waals surface area contributed by atoms with Gasteiger partial charge in [0.25, 0.3) is 0 Å². The first-order chi connectivity index (χ1) is 8.55. The van der Waals surface area contributed by atoms with Crippen molar-refractivity contribution in [2.24, 2.45) is 0 Å². The fourth-order valence-corrected chi connectivity index (χ4v) is 2.19. The monoisotopic (exact) mass is 302 g/mol. The Balaban J connectivity index is 0.00000361. The van der Waals surface area contributed by atoms with Crippen LogP contribution in [0.3, 0.4) is 0 Å². The van der Waals surface area contributed by atoms with Gasteiger partial charge in [-0.1, -0.05) is 32.9 Å². The average molecular weight is 302 g/mol. The minimum atomic E-state index is -1.73. The Hall–Kier alpha value is -0.580. The minimum absolute atomic E-state index is 0. The van der Waals surface area contributed by atoms with Crippen LogP contribution < -0.4 is 10.2 Å². The van der Waals surface area contributed by atoms with Crippen molar-refractivity contribution in [1.29, 1.82) is 0 Å². The van der Waals surface area contributed by atoms with Crippen molar-refractivity contribution in [3.05, 3.63) is 34.4 Å². The Morgan fingerprint density at radius 2 is 1.35 bits per heavy atom. The van der Waals surface area contributed by atoms with Crippen LogP contribution in [0.4, 0.5) is 0 Å². The molecule has 5 heteroatoms. The number of hydrogen-bond acceptors (Lipinski definition) is 4. The number of carbonyl (C=O) groups is 2. The number of aryl methyl sites for hydroxylation is 2. The molecule has 0 saturated heterocycles. The van der Waals surface area contributed by atoms with Crippen LogP contribution in [-0.2, 0) is 15.0 Å². The molecule has 1 aromatic rings. The topological polar surface area (TPSA) is 80.3 Å². The standard InChI is InChI=1S/C15H20O4.Ca/c1-8-6-10(15(3,4)5)7-9(2)11(8)12(13(16)17)14(18)19;/h6-7,12H,1-5H3,(H,16,17)(H,18,19);/q;+2/p-2. The zero-order valence-corrected chi connectivity index (χ0v) is 14.8. The molecule has 0 spiro atoms. The molecule has 0 atom stereocenters. The SMILES string of the molecule is Cc1cc(C(C)(C)C)cc(C)c1C(C(=O)[O-])C(=O)[O-].[Ca+2]. The van der Waals surface area contributed by atoms with Gasteiger partial charge in [-0.15, -0.1) is 0 Å². The molecule has 0 aliphatic carbocycles. The molecule has 0 saturated carbocycles. The van der Waals surface area contributed by atoms with E-state index >= 15 is 0 Å². The van der Waals surface area contributed by atoms with Gasteiger partial charge in [0.15, 0.2) is 0 Å². The summed E-state index contributed by atoms with van der Waals surface area (Å²) in [7, 11) is 0. The van der Waals surface area contributed by atoms with Crippen LogP contribution in [0.25, 0.3) is 0 Å². The van der Waals surface area contributed by atoms with Crippen molar-refractivity contribution in [2.45, 2.75) is 46.0 Å². The van der Waals surface area contributed by atoms with Crippen LogP contribution in [0.5, 0.6) is 0 Å². The zero-order chi connectivity index (χ0) is 15.0. The van der Waals surface area contributed by atoms with E-state index in [1.165, 1.54) is 0 Å². The summed E-state index contributed by atoms with van der Waals surface area (Å²) < 4.78 is 0. The fourth-order valence-electron chi connectivity index (χ4n) is 2.19. The van der Waals surface area contributed by atoms with Gasteiger partial charge in [0.2, 0.25) is 0 Å². The van der Waals surface area contributed by atoms with Crippen molar-refractivity contribution >= 4 is 49.7 Å². The first-order valence-electron chi connectivity index (χ1n) is 6.09. The van der Waals surface area contributed by atoms with Gasteiger partial charge in [-0.3, -0.25) is 0 Å². The van der Waals surface area contributed by atoms with Crippen LogP contribution in [0, 0.1) is 13.8 Å².